The fourth-order valence-corrected chi connectivity index (χ4v) is 1.08. The van der Waals surface area contributed by atoms with Gasteiger partial charge < -0.3 is 10.6 Å². The minimum Gasteiger partial charge on any atom is -0.352 e. The van der Waals surface area contributed by atoms with Crippen LogP contribution in [0.15, 0.2) is 0 Å². The second-order valence-corrected chi connectivity index (χ2v) is 5.00. The van der Waals surface area contributed by atoms with E-state index in [9.17, 15) is 9.59 Å². The summed E-state index contributed by atoms with van der Waals surface area (Å²) in [5, 5.41) is 5.44. The first kappa shape index (κ1) is 11.5. The smallest absolute Gasteiger partial charge is 0.242 e. The van der Waals surface area contributed by atoms with Gasteiger partial charge in [0, 0.05) is 6.04 Å². The number of rotatable bonds is 4. The number of alkyl halides is 1. The molecule has 0 bridgehead atoms. The third-order valence-electron chi connectivity index (χ3n) is 2.04. The van der Waals surface area contributed by atoms with Gasteiger partial charge in [0.1, 0.15) is 6.04 Å². The second kappa shape index (κ2) is 4.77. The Bertz CT molecular complexity index is 239. The van der Waals surface area contributed by atoms with Gasteiger partial charge in [-0.1, -0.05) is 15.9 Å². The number of carbonyl (C=O) groups is 2. The zero-order valence-electron chi connectivity index (χ0n) is 8.34. The van der Waals surface area contributed by atoms with Crippen LogP contribution in [0.4, 0.5) is 0 Å². The summed E-state index contributed by atoms with van der Waals surface area (Å²) in [4.78, 5) is 22.4. The summed E-state index contributed by atoms with van der Waals surface area (Å²) in [6, 6.07) is -0.119. The third-order valence-corrected chi connectivity index (χ3v) is 2.45. The van der Waals surface area contributed by atoms with Crippen molar-refractivity contribution in [1.82, 2.24) is 10.6 Å². The molecule has 0 spiro atoms. The summed E-state index contributed by atoms with van der Waals surface area (Å²) in [6.45, 7) is 3.41. The molecule has 2 N–H and O–H groups in total. The average Bonchev–Trinajstić information content (AvgIpc) is 2.87. The lowest BCUT2D eigenvalue weighted by molar-refractivity contribution is -0.128. The molecule has 0 aromatic heterocycles. The summed E-state index contributed by atoms with van der Waals surface area (Å²) in [7, 11) is 0. The van der Waals surface area contributed by atoms with Crippen molar-refractivity contribution in [3.8, 4) is 0 Å². The molecule has 0 radical (unpaired) electrons. The molecule has 80 valence electrons. The molecule has 0 aliphatic heterocycles. The van der Waals surface area contributed by atoms with Gasteiger partial charge in [-0.2, -0.15) is 0 Å². The van der Waals surface area contributed by atoms with E-state index in [0.717, 1.165) is 12.8 Å². The largest absolute Gasteiger partial charge is 0.352 e. The van der Waals surface area contributed by atoms with Gasteiger partial charge in [0.25, 0.3) is 0 Å². The summed E-state index contributed by atoms with van der Waals surface area (Å²) < 4.78 is 0. The minimum atomic E-state index is -0.455. The molecule has 1 fully saturated rings. The van der Waals surface area contributed by atoms with E-state index in [1.54, 1.807) is 13.8 Å². The van der Waals surface area contributed by atoms with Gasteiger partial charge in [-0.05, 0) is 26.7 Å². The Hall–Kier alpha value is -0.580. The van der Waals surface area contributed by atoms with Crippen molar-refractivity contribution >= 4 is 27.7 Å². The van der Waals surface area contributed by atoms with Crippen molar-refractivity contribution in [3.63, 3.8) is 0 Å². The molecule has 1 rings (SSSR count). The van der Waals surface area contributed by atoms with Crippen molar-refractivity contribution in [3.05, 3.63) is 0 Å². The van der Waals surface area contributed by atoms with E-state index in [4.69, 9.17) is 0 Å². The molecule has 2 atom stereocenters. The van der Waals surface area contributed by atoms with Crippen LogP contribution in [0.2, 0.25) is 0 Å². The van der Waals surface area contributed by atoms with E-state index >= 15 is 0 Å². The highest BCUT2D eigenvalue weighted by Gasteiger charge is 2.26. The maximum Gasteiger partial charge on any atom is 0.242 e. The van der Waals surface area contributed by atoms with E-state index in [0.29, 0.717) is 6.04 Å². The van der Waals surface area contributed by atoms with Crippen LogP contribution in [0, 0.1) is 0 Å². The molecule has 0 saturated heterocycles. The normalized spacial score (nSPS) is 19.6. The van der Waals surface area contributed by atoms with E-state index in [-0.39, 0.29) is 16.6 Å². The molecule has 1 aliphatic carbocycles. The average molecular weight is 263 g/mol. The molecule has 0 aromatic rings. The summed E-state index contributed by atoms with van der Waals surface area (Å²) >= 11 is 3.14. The highest BCUT2D eigenvalue weighted by atomic mass is 79.9. The third kappa shape index (κ3) is 3.65. The number of carbonyl (C=O) groups excluding carboxylic acids is 2. The van der Waals surface area contributed by atoms with Crippen LogP contribution in [0.3, 0.4) is 0 Å². The van der Waals surface area contributed by atoms with Crippen LogP contribution < -0.4 is 10.6 Å². The van der Waals surface area contributed by atoms with Crippen molar-refractivity contribution < 1.29 is 9.59 Å². The van der Waals surface area contributed by atoms with E-state index < -0.39 is 6.04 Å². The molecule has 2 amide bonds. The fourth-order valence-electron chi connectivity index (χ4n) is 0.948. The SMILES string of the molecule is CC(Br)C(=O)NC(C)C(=O)NC1CC1. The van der Waals surface area contributed by atoms with Gasteiger partial charge in [0.15, 0.2) is 0 Å². The van der Waals surface area contributed by atoms with Gasteiger partial charge in [-0.3, -0.25) is 9.59 Å². The Morgan fingerprint density at radius 1 is 1.29 bits per heavy atom. The molecule has 2 unspecified atom stereocenters. The molecule has 4 nitrogen and oxygen atoms in total. The quantitative estimate of drug-likeness (QED) is 0.728. The zero-order valence-corrected chi connectivity index (χ0v) is 9.93. The highest BCUT2D eigenvalue weighted by Crippen LogP contribution is 2.18. The molecule has 14 heavy (non-hydrogen) atoms. The van der Waals surface area contributed by atoms with Gasteiger partial charge in [0.05, 0.1) is 4.83 Å². The molecule has 1 aliphatic rings. The summed E-state index contributed by atoms with van der Waals surface area (Å²) in [5.74, 6) is -0.266. The van der Waals surface area contributed by atoms with Crippen LogP contribution in [0.5, 0.6) is 0 Å². The Kier molecular flexibility index (Phi) is 3.92. The topological polar surface area (TPSA) is 58.2 Å². The summed E-state index contributed by atoms with van der Waals surface area (Å²) in [5.41, 5.74) is 0. The summed E-state index contributed by atoms with van der Waals surface area (Å²) in [6.07, 6.45) is 2.11. The second-order valence-electron chi connectivity index (χ2n) is 3.63. The first-order valence-electron chi connectivity index (χ1n) is 4.75. The number of hydrogen-bond acceptors (Lipinski definition) is 2. The van der Waals surface area contributed by atoms with E-state index in [1.807, 2.05) is 0 Å². The maximum absolute atomic E-state index is 11.4. The first-order chi connectivity index (χ1) is 6.50. The van der Waals surface area contributed by atoms with Gasteiger partial charge in [0.2, 0.25) is 11.8 Å². The van der Waals surface area contributed by atoms with Crippen LogP contribution in [0.25, 0.3) is 0 Å². The molecule has 0 aromatic carbocycles. The number of nitrogens with one attached hydrogen (secondary N) is 2. The van der Waals surface area contributed by atoms with Gasteiger partial charge >= 0.3 is 0 Å². The van der Waals surface area contributed by atoms with Crippen molar-refractivity contribution in [2.24, 2.45) is 0 Å². The van der Waals surface area contributed by atoms with E-state index in [2.05, 4.69) is 26.6 Å². The maximum atomic E-state index is 11.4. The Labute approximate surface area is 91.9 Å². The van der Waals surface area contributed by atoms with E-state index in [1.165, 1.54) is 0 Å². The van der Waals surface area contributed by atoms with Crippen LogP contribution in [0.1, 0.15) is 26.7 Å². The van der Waals surface area contributed by atoms with Crippen molar-refractivity contribution in [2.75, 3.05) is 0 Å². The lowest BCUT2D eigenvalue weighted by atomic mass is 10.3. The predicted molar refractivity (Wildman–Crippen MR) is 57.2 cm³/mol. The number of hydrogen-bond donors (Lipinski definition) is 2. The minimum absolute atomic E-state index is 0.103. The molecular formula is C9H15BrN2O2. The van der Waals surface area contributed by atoms with Gasteiger partial charge in [-0.15, -0.1) is 0 Å². The molecular weight excluding hydrogens is 248 g/mol. The number of halogens is 1. The fraction of sp³-hybridized carbons (Fsp3) is 0.778. The molecule has 0 heterocycles. The number of amides is 2. The van der Waals surface area contributed by atoms with Crippen molar-refractivity contribution in [2.45, 2.75) is 43.6 Å². The molecule has 5 heteroatoms. The Balaban J connectivity index is 2.28. The standard InChI is InChI=1S/C9H15BrN2O2/c1-5(10)8(13)11-6(2)9(14)12-7-3-4-7/h5-7H,3-4H2,1-2H3,(H,11,13)(H,12,14). The van der Waals surface area contributed by atoms with Crippen LogP contribution >= 0.6 is 15.9 Å². The van der Waals surface area contributed by atoms with Crippen molar-refractivity contribution in [1.29, 1.82) is 0 Å². The zero-order chi connectivity index (χ0) is 10.7. The highest BCUT2D eigenvalue weighted by molar-refractivity contribution is 9.10. The van der Waals surface area contributed by atoms with Gasteiger partial charge in [-0.25, -0.2) is 0 Å². The lowest BCUT2D eigenvalue weighted by Gasteiger charge is -2.14. The first-order valence-corrected chi connectivity index (χ1v) is 5.67. The molecule has 1 saturated carbocycles. The Morgan fingerprint density at radius 3 is 2.29 bits per heavy atom. The van der Waals surface area contributed by atoms with Crippen LogP contribution in [-0.4, -0.2) is 28.7 Å². The monoisotopic (exact) mass is 262 g/mol. The Morgan fingerprint density at radius 2 is 1.86 bits per heavy atom. The van der Waals surface area contributed by atoms with Crippen LogP contribution in [-0.2, 0) is 9.59 Å². The predicted octanol–water partition coefficient (Wildman–Crippen LogP) is 0.553. The lowest BCUT2D eigenvalue weighted by Crippen LogP contribution is -2.47.